The van der Waals surface area contributed by atoms with Gasteiger partial charge in [-0.15, -0.1) is 0 Å². The van der Waals surface area contributed by atoms with Gasteiger partial charge in [-0.25, -0.2) is 0 Å². The van der Waals surface area contributed by atoms with Gasteiger partial charge in [-0.2, -0.15) is 0 Å². The summed E-state index contributed by atoms with van der Waals surface area (Å²) < 4.78 is 0. The molecule has 0 aromatic rings. The van der Waals surface area contributed by atoms with Crippen LogP contribution in [0.4, 0.5) is 0 Å². The second kappa shape index (κ2) is 7.99. The van der Waals surface area contributed by atoms with E-state index in [1.807, 2.05) is 0 Å². The van der Waals surface area contributed by atoms with Crippen molar-refractivity contribution in [3.8, 4) is 0 Å². The lowest BCUT2D eigenvalue weighted by atomic mass is 9.80. The van der Waals surface area contributed by atoms with Crippen LogP contribution in [0.5, 0.6) is 0 Å². The topological polar surface area (TPSA) is 66.6 Å². The van der Waals surface area contributed by atoms with Gasteiger partial charge in [0.1, 0.15) is 0 Å². The van der Waals surface area contributed by atoms with Crippen LogP contribution >= 0.6 is 0 Å². The molecule has 1 aliphatic carbocycles. The molecule has 1 amide bonds. The van der Waals surface area contributed by atoms with Crippen LogP contribution in [0.3, 0.4) is 0 Å². The van der Waals surface area contributed by atoms with Gasteiger partial charge in [-0.3, -0.25) is 4.79 Å². The van der Waals surface area contributed by atoms with E-state index in [0.717, 1.165) is 45.2 Å². The number of nitrogens with zero attached hydrogens (tertiary/aromatic N) is 1. The van der Waals surface area contributed by atoms with E-state index in [2.05, 4.69) is 4.90 Å². The summed E-state index contributed by atoms with van der Waals surface area (Å²) in [5, 5.41) is 9.15. The maximum atomic E-state index is 12.5. The second-order valence-electron chi connectivity index (χ2n) is 6.58. The lowest BCUT2D eigenvalue weighted by Crippen LogP contribution is -2.44. The number of carbonyl (C=O) groups excluding carboxylic acids is 1. The van der Waals surface area contributed by atoms with Crippen LogP contribution in [0.15, 0.2) is 0 Å². The van der Waals surface area contributed by atoms with Crippen molar-refractivity contribution in [2.24, 2.45) is 17.6 Å². The Balaban J connectivity index is 1.81. The molecule has 1 saturated heterocycles. The molecule has 1 saturated carbocycles. The fourth-order valence-electron chi connectivity index (χ4n) is 3.81. The third-order valence-electron chi connectivity index (χ3n) is 5.17. The van der Waals surface area contributed by atoms with Crippen molar-refractivity contribution in [1.29, 1.82) is 0 Å². The molecular weight excluding hydrogens is 252 g/mol. The Hall–Kier alpha value is -0.610. The Kier molecular flexibility index (Phi) is 6.30. The average molecular weight is 282 g/mol. The summed E-state index contributed by atoms with van der Waals surface area (Å²) in [6.45, 7) is 1.88. The number of likely N-dealkylation sites (tertiary alicyclic amines) is 1. The first-order valence-electron chi connectivity index (χ1n) is 8.35. The van der Waals surface area contributed by atoms with Crippen molar-refractivity contribution < 1.29 is 9.90 Å². The summed E-state index contributed by atoms with van der Waals surface area (Å²) in [7, 11) is 0. The fourth-order valence-corrected chi connectivity index (χ4v) is 3.81. The molecule has 2 fully saturated rings. The lowest BCUT2D eigenvalue weighted by Gasteiger charge is -2.37. The molecule has 4 nitrogen and oxygen atoms in total. The van der Waals surface area contributed by atoms with Gasteiger partial charge >= 0.3 is 0 Å². The number of rotatable bonds is 5. The zero-order valence-corrected chi connectivity index (χ0v) is 12.6. The summed E-state index contributed by atoms with van der Waals surface area (Å²) >= 11 is 0. The molecule has 2 rings (SSSR count). The van der Waals surface area contributed by atoms with E-state index in [-0.39, 0.29) is 12.6 Å². The smallest absolute Gasteiger partial charge is 0.223 e. The van der Waals surface area contributed by atoms with Crippen LogP contribution in [0.25, 0.3) is 0 Å². The normalized spacial score (nSPS) is 31.3. The predicted molar refractivity (Wildman–Crippen MR) is 80.2 cm³/mol. The van der Waals surface area contributed by atoms with Gasteiger partial charge in [0.2, 0.25) is 5.91 Å². The number of amides is 1. The number of hydrogen-bond donors (Lipinski definition) is 2. The summed E-state index contributed by atoms with van der Waals surface area (Å²) in [6, 6.07) is 0.279. The molecule has 2 aliphatic rings. The van der Waals surface area contributed by atoms with Crippen molar-refractivity contribution in [2.45, 2.75) is 63.8 Å². The lowest BCUT2D eigenvalue weighted by molar-refractivity contribution is -0.136. The molecule has 0 aromatic carbocycles. The average Bonchev–Trinajstić information content (AvgIpc) is 2.49. The van der Waals surface area contributed by atoms with Crippen LogP contribution in [-0.4, -0.2) is 41.7 Å². The van der Waals surface area contributed by atoms with E-state index in [0.29, 0.717) is 24.2 Å². The van der Waals surface area contributed by atoms with Gasteiger partial charge in [0.15, 0.2) is 0 Å². The standard InChI is InChI=1S/C16H30N2O2/c17-12-14-6-4-13(5-7-14)11-16(20)18-9-2-1-3-15(18)8-10-19/h13-15,19H,1-12,17H2. The molecule has 0 bridgehead atoms. The molecule has 1 atom stereocenters. The van der Waals surface area contributed by atoms with E-state index >= 15 is 0 Å². The van der Waals surface area contributed by atoms with Crippen molar-refractivity contribution in [2.75, 3.05) is 19.7 Å². The van der Waals surface area contributed by atoms with Gasteiger partial charge in [-0.05, 0) is 69.7 Å². The highest BCUT2D eigenvalue weighted by molar-refractivity contribution is 5.76. The molecule has 0 spiro atoms. The zero-order valence-electron chi connectivity index (χ0n) is 12.6. The van der Waals surface area contributed by atoms with Gasteiger partial charge in [-0.1, -0.05) is 0 Å². The number of aliphatic hydroxyl groups is 1. The third-order valence-corrected chi connectivity index (χ3v) is 5.17. The Morgan fingerprint density at radius 1 is 1.10 bits per heavy atom. The van der Waals surface area contributed by atoms with E-state index in [1.165, 1.54) is 19.3 Å². The first-order valence-corrected chi connectivity index (χ1v) is 8.35. The zero-order chi connectivity index (χ0) is 14.4. The van der Waals surface area contributed by atoms with Crippen molar-refractivity contribution in [3.63, 3.8) is 0 Å². The molecule has 20 heavy (non-hydrogen) atoms. The molecule has 0 radical (unpaired) electrons. The molecular formula is C16H30N2O2. The molecule has 4 heteroatoms. The predicted octanol–water partition coefficient (Wildman–Crippen LogP) is 1.91. The van der Waals surface area contributed by atoms with Crippen LogP contribution < -0.4 is 5.73 Å². The monoisotopic (exact) mass is 282 g/mol. The third kappa shape index (κ3) is 4.19. The minimum Gasteiger partial charge on any atom is -0.396 e. The second-order valence-corrected chi connectivity index (χ2v) is 6.58. The van der Waals surface area contributed by atoms with E-state index in [9.17, 15) is 4.79 Å². The van der Waals surface area contributed by atoms with Crippen molar-refractivity contribution in [3.05, 3.63) is 0 Å². The molecule has 3 N–H and O–H groups in total. The summed E-state index contributed by atoms with van der Waals surface area (Å²) in [5.74, 6) is 1.56. The highest BCUT2D eigenvalue weighted by Crippen LogP contribution is 2.31. The van der Waals surface area contributed by atoms with Gasteiger partial charge < -0.3 is 15.7 Å². The molecule has 1 aliphatic heterocycles. The Bertz CT molecular complexity index is 299. The highest BCUT2D eigenvalue weighted by Gasteiger charge is 2.29. The summed E-state index contributed by atoms with van der Waals surface area (Å²) in [5.41, 5.74) is 5.72. The number of hydrogen-bond acceptors (Lipinski definition) is 3. The Morgan fingerprint density at radius 2 is 1.80 bits per heavy atom. The van der Waals surface area contributed by atoms with Gasteiger partial charge in [0.05, 0.1) is 0 Å². The Morgan fingerprint density at radius 3 is 2.45 bits per heavy atom. The summed E-state index contributed by atoms with van der Waals surface area (Å²) in [4.78, 5) is 14.6. The first kappa shape index (κ1) is 15.8. The summed E-state index contributed by atoms with van der Waals surface area (Å²) in [6.07, 6.45) is 9.52. The fraction of sp³-hybridized carbons (Fsp3) is 0.938. The maximum Gasteiger partial charge on any atom is 0.223 e. The van der Waals surface area contributed by atoms with Crippen molar-refractivity contribution in [1.82, 2.24) is 4.90 Å². The van der Waals surface area contributed by atoms with E-state index in [4.69, 9.17) is 10.8 Å². The number of nitrogens with two attached hydrogens (primary N) is 1. The molecule has 1 unspecified atom stereocenters. The van der Waals surface area contributed by atoms with Gasteiger partial charge in [0, 0.05) is 25.6 Å². The van der Waals surface area contributed by atoms with Crippen LogP contribution in [-0.2, 0) is 4.79 Å². The number of piperidine rings is 1. The Labute approximate surface area is 122 Å². The van der Waals surface area contributed by atoms with Crippen LogP contribution in [0.2, 0.25) is 0 Å². The largest absolute Gasteiger partial charge is 0.396 e. The van der Waals surface area contributed by atoms with Crippen LogP contribution in [0, 0.1) is 11.8 Å². The maximum absolute atomic E-state index is 12.5. The highest BCUT2D eigenvalue weighted by atomic mass is 16.3. The molecule has 1 heterocycles. The minimum absolute atomic E-state index is 0.191. The first-order chi connectivity index (χ1) is 9.74. The van der Waals surface area contributed by atoms with Crippen molar-refractivity contribution >= 4 is 5.91 Å². The van der Waals surface area contributed by atoms with E-state index < -0.39 is 0 Å². The minimum atomic E-state index is 0.191. The SMILES string of the molecule is NCC1CCC(CC(=O)N2CCCCC2CCO)CC1. The van der Waals surface area contributed by atoms with Gasteiger partial charge in [0.25, 0.3) is 0 Å². The quantitative estimate of drug-likeness (QED) is 0.809. The molecule has 0 aromatic heterocycles. The van der Waals surface area contributed by atoms with E-state index in [1.54, 1.807) is 0 Å². The number of carbonyl (C=O) groups is 1. The molecule has 116 valence electrons. The van der Waals surface area contributed by atoms with Crippen LogP contribution in [0.1, 0.15) is 57.8 Å². The number of aliphatic hydroxyl groups excluding tert-OH is 1.